The van der Waals surface area contributed by atoms with Gasteiger partial charge in [-0.3, -0.25) is 0 Å². The van der Waals surface area contributed by atoms with Gasteiger partial charge in [0.1, 0.15) is 0 Å². The Balaban J connectivity index is 1.86. The highest BCUT2D eigenvalue weighted by Crippen LogP contribution is 2.33. The zero-order valence-corrected chi connectivity index (χ0v) is 10.3. The lowest BCUT2D eigenvalue weighted by atomic mass is 10.1. The Morgan fingerprint density at radius 2 is 2.00 bits per heavy atom. The van der Waals surface area contributed by atoms with Crippen molar-refractivity contribution in [2.45, 2.75) is 25.9 Å². The molecule has 3 rings (SSSR count). The number of benzene rings is 1. The Bertz CT molecular complexity index is 549. The van der Waals surface area contributed by atoms with Gasteiger partial charge >= 0.3 is 0 Å². The number of pyridine rings is 1. The highest BCUT2D eigenvalue weighted by Gasteiger charge is 2.21. The zero-order valence-electron chi connectivity index (χ0n) is 10.3. The highest BCUT2D eigenvalue weighted by molar-refractivity contribution is 5.89. The summed E-state index contributed by atoms with van der Waals surface area (Å²) in [6.45, 7) is 0.746. The first-order valence-corrected chi connectivity index (χ1v) is 6.49. The normalized spacial score (nSPS) is 14.9. The highest BCUT2D eigenvalue weighted by atomic mass is 16.5. The molecule has 18 heavy (non-hydrogen) atoms. The molecular weight excluding hydrogens is 226 g/mol. The van der Waals surface area contributed by atoms with Gasteiger partial charge in [0.15, 0.2) is 0 Å². The maximum absolute atomic E-state index is 9.30. The molecule has 0 spiro atoms. The summed E-state index contributed by atoms with van der Waals surface area (Å²) in [5.41, 5.74) is 0.847. The van der Waals surface area contributed by atoms with Gasteiger partial charge in [0.25, 0.3) is 0 Å². The molecule has 3 nitrogen and oxygen atoms in total. The molecule has 1 saturated carbocycles. The monoisotopic (exact) mass is 243 g/mol. The number of fused-ring (bicyclic) bond motifs is 1. The van der Waals surface area contributed by atoms with E-state index < -0.39 is 0 Å². The minimum Gasteiger partial charge on any atom is -0.477 e. The van der Waals surface area contributed by atoms with Crippen molar-refractivity contribution in [1.82, 2.24) is 4.98 Å². The summed E-state index contributed by atoms with van der Waals surface area (Å²) < 4.78 is 5.78. The third-order valence-corrected chi connectivity index (χ3v) is 3.47. The standard InChI is InChI=1S/C15H17NO2/c17-10-12-9-16-15(18-8-7-11-5-6-11)14-4-2-1-3-13(12)14/h1-4,9,11,17H,5-8,10H2. The van der Waals surface area contributed by atoms with E-state index in [9.17, 15) is 5.11 Å². The van der Waals surface area contributed by atoms with Crippen LogP contribution in [0.4, 0.5) is 0 Å². The van der Waals surface area contributed by atoms with Gasteiger partial charge in [-0.25, -0.2) is 4.98 Å². The minimum atomic E-state index is 0.00979. The van der Waals surface area contributed by atoms with Crippen molar-refractivity contribution >= 4 is 10.8 Å². The minimum absolute atomic E-state index is 0.00979. The Morgan fingerprint density at radius 3 is 2.72 bits per heavy atom. The first-order valence-electron chi connectivity index (χ1n) is 6.49. The molecule has 1 fully saturated rings. The average molecular weight is 243 g/mol. The van der Waals surface area contributed by atoms with Gasteiger partial charge in [-0.15, -0.1) is 0 Å². The van der Waals surface area contributed by atoms with Crippen LogP contribution in [0.1, 0.15) is 24.8 Å². The molecule has 0 atom stereocenters. The number of rotatable bonds is 5. The van der Waals surface area contributed by atoms with Crippen LogP contribution < -0.4 is 4.74 Å². The molecule has 1 aliphatic rings. The van der Waals surface area contributed by atoms with Crippen molar-refractivity contribution in [1.29, 1.82) is 0 Å². The summed E-state index contributed by atoms with van der Waals surface area (Å²) >= 11 is 0. The number of ether oxygens (including phenoxy) is 1. The Kier molecular flexibility index (Phi) is 3.15. The van der Waals surface area contributed by atoms with E-state index in [1.165, 1.54) is 12.8 Å². The van der Waals surface area contributed by atoms with Crippen molar-refractivity contribution in [3.63, 3.8) is 0 Å². The summed E-state index contributed by atoms with van der Waals surface area (Å²) in [7, 11) is 0. The molecule has 94 valence electrons. The SMILES string of the molecule is OCc1cnc(OCCC2CC2)c2ccccc12. The predicted molar refractivity (Wildman–Crippen MR) is 70.5 cm³/mol. The molecule has 0 bridgehead atoms. The van der Waals surface area contributed by atoms with Crippen LogP contribution in [0.25, 0.3) is 10.8 Å². The topological polar surface area (TPSA) is 42.4 Å². The van der Waals surface area contributed by atoms with Crippen LogP contribution in [0, 0.1) is 5.92 Å². The number of hydrogen-bond donors (Lipinski definition) is 1. The largest absolute Gasteiger partial charge is 0.477 e. The molecule has 0 saturated heterocycles. The van der Waals surface area contributed by atoms with Crippen LogP contribution in [0.5, 0.6) is 5.88 Å². The van der Waals surface area contributed by atoms with Crippen LogP contribution in [0.3, 0.4) is 0 Å². The van der Waals surface area contributed by atoms with Gasteiger partial charge < -0.3 is 9.84 Å². The third kappa shape index (κ3) is 2.31. The van der Waals surface area contributed by atoms with Crippen LogP contribution in [-0.2, 0) is 6.61 Å². The second kappa shape index (κ2) is 4.94. The van der Waals surface area contributed by atoms with Crippen LogP contribution in [0.2, 0.25) is 0 Å². The fraction of sp³-hybridized carbons (Fsp3) is 0.400. The predicted octanol–water partition coefficient (Wildman–Crippen LogP) is 2.91. The molecule has 0 radical (unpaired) electrons. The zero-order chi connectivity index (χ0) is 12.4. The lowest BCUT2D eigenvalue weighted by Gasteiger charge is -2.10. The second-order valence-corrected chi connectivity index (χ2v) is 4.87. The van der Waals surface area contributed by atoms with E-state index in [2.05, 4.69) is 4.98 Å². The summed E-state index contributed by atoms with van der Waals surface area (Å²) in [5, 5.41) is 11.3. The molecule has 1 heterocycles. The van der Waals surface area contributed by atoms with Crippen molar-refractivity contribution < 1.29 is 9.84 Å². The van der Waals surface area contributed by atoms with Gasteiger partial charge in [-0.05, 0) is 23.8 Å². The van der Waals surface area contributed by atoms with Crippen LogP contribution in [-0.4, -0.2) is 16.7 Å². The Hall–Kier alpha value is -1.61. The summed E-state index contributed by atoms with van der Waals surface area (Å²) in [5.74, 6) is 1.55. The first kappa shape index (κ1) is 11.5. The molecule has 1 aromatic heterocycles. The Morgan fingerprint density at radius 1 is 1.22 bits per heavy atom. The molecule has 0 aliphatic heterocycles. The number of hydrogen-bond acceptors (Lipinski definition) is 3. The van der Waals surface area contributed by atoms with E-state index in [-0.39, 0.29) is 6.61 Å². The Labute approximate surface area is 106 Å². The molecule has 1 N–H and O–H groups in total. The molecule has 0 amide bonds. The smallest absolute Gasteiger partial charge is 0.221 e. The summed E-state index contributed by atoms with van der Waals surface area (Å²) in [4.78, 5) is 4.31. The number of aromatic nitrogens is 1. The molecule has 1 aromatic carbocycles. The molecule has 1 aliphatic carbocycles. The van der Waals surface area contributed by atoms with Crippen LogP contribution in [0.15, 0.2) is 30.5 Å². The van der Waals surface area contributed by atoms with Gasteiger partial charge in [0, 0.05) is 17.1 Å². The van der Waals surface area contributed by atoms with E-state index in [1.807, 2.05) is 24.3 Å². The summed E-state index contributed by atoms with van der Waals surface area (Å²) in [6, 6.07) is 7.93. The fourth-order valence-corrected chi connectivity index (χ4v) is 2.20. The maximum atomic E-state index is 9.30. The molecule has 3 heteroatoms. The van der Waals surface area contributed by atoms with Crippen molar-refractivity contribution in [2.75, 3.05) is 6.61 Å². The molecular formula is C15H17NO2. The van der Waals surface area contributed by atoms with E-state index >= 15 is 0 Å². The van der Waals surface area contributed by atoms with E-state index in [1.54, 1.807) is 6.20 Å². The number of aliphatic hydroxyl groups excluding tert-OH is 1. The van der Waals surface area contributed by atoms with E-state index in [4.69, 9.17) is 4.74 Å². The van der Waals surface area contributed by atoms with Gasteiger partial charge in [-0.1, -0.05) is 31.0 Å². The molecule has 2 aromatic rings. The van der Waals surface area contributed by atoms with Gasteiger partial charge in [0.05, 0.1) is 13.2 Å². The lowest BCUT2D eigenvalue weighted by Crippen LogP contribution is -2.01. The summed E-state index contributed by atoms with van der Waals surface area (Å²) in [6.07, 6.45) is 5.52. The maximum Gasteiger partial charge on any atom is 0.221 e. The van der Waals surface area contributed by atoms with Crippen molar-refractivity contribution in [3.8, 4) is 5.88 Å². The lowest BCUT2D eigenvalue weighted by molar-refractivity contribution is 0.280. The number of nitrogens with zero attached hydrogens (tertiary/aromatic N) is 1. The van der Waals surface area contributed by atoms with E-state index in [0.29, 0.717) is 5.88 Å². The average Bonchev–Trinajstić information content (AvgIpc) is 3.23. The van der Waals surface area contributed by atoms with Gasteiger partial charge in [-0.2, -0.15) is 0 Å². The van der Waals surface area contributed by atoms with Crippen molar-refractivity contribution in [3.05, 3.63) is 36.0 Å². The quantitative estimate of drug-likeness (QED) is 0.878. The number of aliphatic hydroxyl groups is 1. The van der Waals surface area contributed by atoms with Crippen LogP contribution >= 0.6 is 0 Å². The van der Waals surface area contributed by atoms with Gasteiger partial charge in [0.2, 0.25) is 5.88 Å². The first-order chi connectivity index (χ1) is 8.88. The second-order valence-electron chi connectivity index (χ2n) is 4.87. The fourth-order valence-electron chi connectivity index (χ4n) is 2.20. The third-order valence-electron chi connectivity index (χ3n) is 3.47. The molecule has 0 unspecified atom stereocenters. The van der Waals surface area contributed by atoms with E-state index in [0.717, 1.165) is 35.3 Å². The van der Waals surface area contributed by atoms with Crippen molar-refractivity contribution in [2.24, 2.45) is 5.92 Å².